The number of nitrogens with one attached hydrogen (secondary N) is 1. The van der Waals surface area contributed by atoms with Gasteiger partial charge in [-0.05, 0) is 36.3 Å². The zero-order valence-corrected chi connectivity index (χ0v) is 10.2. The van der Waals surface area contributed by atoms with E-state index in [1.165, 1.54) is 30.3 Å². The zero-order valence-electron chi connectivity index (χ0n) is 10.2. The smallest absolute Gasteiger partial charge is 0.331 e. The van der Waals surface area contributed by atoms with Crippen molar-refractivity contribution < 1.29 is 19.1 Å². The first-order valence-corrected chi connectivity index (χ1v) is 5.62. The number of benzene rings is 1. The zero-order chi connectivity index (χ0) is 14.3. The molecule has 5 heteroatoms. The Hall–Kier alpha value is -2.43. The van der Waals surface area contributed by atoms with E-state index in [9.17, 15) is 14.0 Å². The lowest BCUT2D eigenvalue weighted by atomic mass is 10.1. The highest BCUT2D eigenvalue weighted by Gasteiger charge is 2.07. The van der Waals surface area contributed by atoms with Gasteiger partial charge < -0.3 is 10.4 Å². The summed E-state index contributed by atoms with van der Waals surface area (Å²) < 4.78 is 12.7. The third kappa shape index (κ3) is 5.16. The molecule has 0 heterocycles. The molecule has 0 saturated heterocycles. The molecular formula is C14H14FNO3. The molecule has 1 amide bonds. The molecule has 0 bridgehead atoms. The number of halogens is 1. The Morgan fingerprint density at radius 1 is 1.32 bits per heavy atom. The summed E-state index contributed by atoms with van der Waals surface area (Å²) in [6.07, 6.45) is 2.73. The minimum absolute atomic E-state index is 0.135. The van der Waals surface area contributed by atoms with Crippen LogP contribution >= 0.6 is 0 Å². The molecule has 0 atom stereocenters. The monoisotopic (exact) mass is 263 g/mol. The van der Waals surface area contributed by atoms with Crippen LogP contribution in [0.1, 0.15) is 12.0 Å². The number of carboxylic acids is 1. The van der Waals surface area contributed by atoms with Crippen LogP contribution in [0.25, 0.3) is 6.08 Å². The molecule has 1 rings (SSSR count). The third-order valence-corrected chi connectivity index (χ3v) is 2.36. The summed E-state index contributed by atoms with van der Waals surface area (Å²) in [5, 5.41) is 11.5. The second kappa shape index (κ2) is 7.10. The van der Waals surface area contributed by atoms with Crippen molar-refractivity contribution in [3.05, 3.63) is 53.9 Å². The van der Waals surface area contributed by atoms with Crippen molar-refractivity contribution >= 4 is 18.0 Å². The number of carbonyl (C=O) groups is 2. The molecule has 0 unspecified atom stereocenters. The van der Waals surface area contributed by atoms with Crippen LogP contribution < -0.4 is 5.32 Å². The van der Waals surface area contributed by atoms with E-state index in [4.69, 9.17) is 5.11 Å². The number of carbonyl (C=O) groups excluding carboxylic acids is 1. The molecule has 0 fully saturated rings. The van der Waals surface area contributed by atoms with Crippen molar-refractivity contribution in [1.82, 2.24) is 5.32 Å². The predicted octanol–water partition coefficient (Wildman–Crippen LogP) is 1.99. The quantitative estimate of drug-likeness (QED) is 0.771. The summed E-state index contributed by atoms with van der Waals surface area (Å²) in [7, 11) is 0. The topological polar surface area (TPSA) is 66.4 Å². The largest absolute Gasteiger partial charge is 0.478 e. The van der Waals surface area contributed by atoms with Gasteiger partial charge in [-0.25, -0.2) is 9.18 Å². The van der Waals surface area contributed by atoms with E-state index in [-0.39, 0.29) is 30.3 Å². The van der Waals surface area contributed by atoms with Gasteiger partial charge in [-0.3, -0.25) is 4.79 Å². The van der Waals surface area contributed by atoms with Gasteiger partial charge in [-0.1, -0.05) is 18.7 Å². The predicted molar refractivity (Wildman–Crippen MR) is 69.8 cm³/mol. The van der Waals surface area contributed by atoms with Gasteiger partial charge in [0.2, 0.25) is 5.91 Å². The van der Waals surface area contributed by atoms with Crippen LogP contribution in [0.3, 0.4) is 0 Å². The van der Waals surface area contributed by atoms with Gasteiger partial charge in [0.15, 0.2) is 0 Å². The van der Waals surface area contributed by atoms with Crippen LogP contribution in [0.2, 0.25) is 0 Å². The van der Waals surface area contributed by atoms with Gasteiger partial charge in [-0.15, -0.1) is 0 Å². The van der Waals surface area contributed by atoms with E-state index in [0.717, 1.165) is 6.08 Å². The first-order valence-electron chi connectivity index (χ1n) is 5.62. The summed E-state index contributed by atoms with van der Waals surface area (Å²) in [4.78, 5) is 22.0. The standard InChI is InChI=1S/C14H14FNO3/c1-2-13(17)16-8-7-11(14(18)19)9-10-3-5-12(15)6-4-10/h2-6,9H,1,7-8H2,(H,16,17)(H,18,19)/b11-9+. The molecule has 1 aromatic carbocycles. The molecule has 1 aromatic rings. The van der Waals surface area contributed by atoms with E-state index in [1.807, 2.05) is 0 Å². The van der Waals surface area contributed by atoms with Gasteiger partial charge in [0.1, 0.15) is 5.82 Å². The molecule has 0 radical (unpaired) electrons. The number of carboxylic acid groups (broad SMARTS) is 1. The van der Waals surface area contributed by atoms with Crippen LogP contribution in [0.5, 0.6) is 0 Å². The first kappa shape index (κ1) is 14.6. The first-order chi connectivity index (χ1) is 9.02. The average molecular weight is 263 g/mol. The molecule has 0 spiro atoms. The lowest BCUT2D eigenvalue weighted by Crippen LogP contribution is -2.23. The lowest BCUT2D eigenvalue weighted by molar-refractivity contribution is -0.132. The van der Waals surface area contributed by atoms with Crippen LogP contribution in [-0.2, 0) is 9.59 Å². The number of hydrogen-bond donors (Lipinski definition) is 2. The highest BCUT2D eigenvalue weighted by Crippen LogP contribution is 2.11. The highest BCUT2D eigenvalue weighted by molar-refractivity contribution is 5.92. The van der Waals surface area contributed by atoms with Crippen LogP contribution in [-0.4, -0.2) is 23.5 Å². The van der Waals surface area contributed by atoms with Gasteiger partial charge >= 0.3 is 5.97 Å². The molecule has 0 saturated carbocycles. The van der Waals surface area contributed by atoms with Gasteiger partial charge in [0.25, 0.3) is 0 Å². The number of aliphatic carboxylic acids is 1. The minimum atomic E-state index is -1.07. The van der Waals surface area contributed by atoms with Crippen molar-refractivity contribution in [1.29, 1.82) is 0 Å². The molecule has 0 aliphatic heterocycles. The summed E-state index contributed by atoms with van der Waals surface area (Å²) >= 11 is 0. The second-order valence-corrected chi connectivity index (χ2v) is 3.77. The molecule has 4 nitrogen and oxygen atoms in total. The normalized spacial score (nSPS) is 10.9. The Labute approximate surface area is 110 Å². The maximum absolute atomic E-state index is 12.7. The molecule has 0 aliphatic rings. The maximum atomic E-state index is 12.7. The lowest BCUT2D eigenvalue weighted by Gasteiger charge is -2.04. The molecule has 19 heavy (non-hydrogen) atoms. The van der Waals surface area contributed by atoms with Crippen molar-refractivity contribution in [2.24, 2.45) is 0 Å². The number of rotatable bonds is 6. The van der Waals surface area contributed by atoms with Crippen molar-refractivity contribution in [2.75, 3.05) is 6.54 Å². The van der Waals surface area contributed by atoms with E-state index in [2.05, 4.69) is 11.9 Å². The maximum Gasteiger partial charge on any atom is 0.331 e. The third-order valence-electron chi connectivity index (χ3n) is 2.36. The van der Waals surface area contributed by atoms with Crippen LogP contribution in [0, 0.1) is 5.82 Å². The summed E-state index contributed by atoms with van der Waals surface area (Å²) in [6.45, 7) is 3.49. The Morgan fingerprint density at radius 2 is 1.95 bits per heavy atom. The van der Waals surface area contributed by atoms with Gasteiger partial charge in [0.05, 0.1) is 0 Å². The molecule has 100 valence electrons. The summed E-state index contributed by atoms with van der Waals surface area (Å²) in [5.41, 5.74) is 0.727. The Bertz CT molecular complexity index is 506. The van der Waals surface area contributed by atoms with E-state index < -0.39 is 5.97 Å². The molecule has 0 aliphatic carbocycles. The Balaban J connectivity index is 2.71. The van der Waals surface area contributed by atoms with E-state index in [0.29, 0.717) is 5.56 Å². The SMILES string of the molecule is C=CC(=O)NCC/C(=C\c1ccc(F)cc1)C(=O)O. The summed E-state index contributed by atoms with van der Waals surface area (Å²) in [5.74, 6) is -1.81. The van der Waals surface area contributed by atoms with Gasteiger partial charge in [-0.2, -0.15) is 0 Å². The summed E-state index contributed by atoms with van der Waals surface area (Å²) in [6, 6.07) is 5.48. The average Bonchev–Trinajstić information content (AvgIpc) is 2.39. The molecular weight excluding hydrogens is 249 g/mol. The van der Waals surface area contributed by atoms with Crippen molar-refractivity contribution in [2.45, 2.75) is 6.42 Å². The highest BCUT2D eigenvalue weighted by atomic mass is 19.1. The fourth-order valence-electron chi connectivity index (χ4n) is 1.39. The van der Waals surface area contributed by atoms with E-state index >= 15 is 0 Å². The fourth-order valence-corrected chi connectivity index (χ4v) is 1.39. The van der Waals surface area contributed by atoms with Crippen molar-refractivity contribution in [3.8, 4) is 0 Å². The minimum Gasteiger partial charge on any atom is -0.478 e. The van der Waals surface area contributed by atoms with Crippen LogP contribution in [0.15, 0.2) is 42.5 Å². The number of hydrogen-bond acceptors (Lipinski definition) is 2. The fraction of sp³-hybridized carbons (Fsp3) is 0.143. The molecule has 2 N–H and O–H groups in total. The number of amides is 1. The molecule has 0 aromatic heterocycles. The van der Waals surface area contributed by atoms with Gasteiger partial charge in [0, 0.05) is 12.1 Å². The second-order valence-electron chi connectivity index (χ2n) is 3.77. The van der Waals surface area contributed by atoms with E-state index in [1.54, 1.807) is 0 Å². The Kier molecular flexibility index (Phi) is 5.47. The van der Waals surface area contributed by atoms with Crippen molar-refractivity contribution in [3.63, 3.8) is 0 Å². The van der Waals surface area contributed by atoms with Crippen LogP contribution in [0.4, 0.5) is 4.39 Å². The Morgan fingerprint density at radius 3 is 2.47 bits per heavy atom.